The summed E-state index contributed by atoms with van der Waals surface area (Å²) in [5.41, 5.74) is 1.32. The van der Waals surface area contributed by atoms with Crippen LogP contribution in [0.2, 0.25) is 5.02 Å². The molecule has 2 N–H and O–H groups in total. The Hall–Kier alpha value is -2.47. The van der Waals surface area contributed by atoms with Gasteiger partial charge in [-0.05, 0) is 56.7 Å². The molecule has 0 aromatic heterocycles. The lowest BCUT2D eigenvalue weighted by Gasteiger charge is -2.20. The second-order valence-corrected chi connectivity index (χ2v) is 7.46. The van der Waals surface area contributed by atoms with Crippen LogP contribution < -0.4 is 20.1 Å². The molecule has 1 amide bonds. The Morgan fingerprint density at radius 3 is 2.52 bits per heavy atom. The van der Waals surface area contributed by atoms with Crippen LogP contribution in [0.5, 0.6) is 11.5 Å². The zero-order valence-electron chi connectivity index (χ0n) is 15.9. The molecule has 0 atom stereocenters. The number of nitrogens with one attached hydrogen (secondary N) is 2. The number of carbonyl (C=O) groups excluding carboxylic acids is 1. The Bertz CT molecular complexity index is 806. The van der Waals surface area contributed by atoms with Crippen molar-refractivity contribution in [2.24, 2.45) is 0 Å². The summed E-state index contributed by atoms with van der Waals surface area (Å²) in [7, 11) is 1.54. The number of carbonyl (C=O) groups is 1. The van der Waals surface area contributed by atoms with Gasteiger partial charge in [-0.2, -0.15) is 0 Å². The van der Waals surface area contributed by atoms with Gasteiger partial charge in [0.05, 0.1) is 12.1 Å². The molecule has 2 rings (SSSR count). The molecule has 0 saturated heterocycles. The standard InChI is InChI=1S/C20H24ClFN2O3/c1-20(2,3)24-19(25)12-27-17-8-5-13(9-18(17)26-4)11-23-14-6-7-16(22)15(21)10-14/h5-10,23H,11-12H2,1-4H3,(H,24,25). The molecule has 0 fully saturated rings. The molecule has 0 unspecified atom stereocenters. The predicted octanol–water partition coefficient (Wildman–Crippen LogP) is 4.39. The van der Waals surface area contributed by atoms with Gasteiger partial charge in [0.1, 0.15) is 5.82 Å². The lowest BCUT2D eigenvalue weighted by molar-refractivity contribution is -0.124. The van der Waals surface area contributed by atoms with Crippen LogP contribution in [0.25, 0.3) is 0 Å². The molecular formula is C20H24ClFN2O3. The van der Waals surface area contributed by atoms with E-state index in [2.05, 4.69) is 10.6 Å². The Balaban J connectivity index is 1.98. The maximum Gasteiger partial charge on any atom is 0.258 e. The van der Waals surface area contributed by atoms with E-state index in [0.717, 1.165) is 5.56 Å². The number of anilines is 1. The average molecular weight is 395 g/mol. The highest BCUT2D eigenvalue weighted by molar-refractivity contribution is 6.31. The second kappa shape index (κ2) is 8.95. The van der Waals surface area contributed by atoms with E-state index in [9.17, 15) is 9.18 Å². The number of rotatable bonds is 7. The number of methoxy groups -OCH3 is 1. The number of amides is 1. The molecule has 27 heavy (non-hydrogen) atoms. The van der Waals surface area contributed by atoms with Gasteiger partial charge in [0.15, 0.2) is 18.1 Å². The van der Waals surface area contributed by atoms with Gasteiger partial charge >= 0.3 is 0 Å². The molecule has 2 aromatic rings. The zero-order valence-corrected chi connectivity index (χ0v) is 16.6. The first kappa shape index (κ1) is 20.8. The van der Waals surface area contributed by atoms with Crippen LogP contribution in [0.1, 0.15) is 26.3 Å². The number of hydrogen-bond donors (Lipinski definition) is 2. The first-order valence-corrected chi connectivity index (χ1v) is 8.85. The van der Waals surface area contributed by atoms with Crippen LogP contribution in [-0.4, -0.2) is 25.2 Å². The van der Waals surface area contributed by atoms with Crippen LogP contribution in [0.4, 0.5) is 10.1 Å². The van der Waals surface area contributed by atoms with Crippen LogP contribution in [0, 0.1) is 5.82 Å². The minimum atomic E-state index is -0.458. The lowest BCUT2D eigenvalue weighted by atomic mass is 10.1. The summed E-state index contributed by atoms with van der Waals surface area (Å²) < 4.78 is 24.1. The van der Waals surface area contributed by atoms with Crippen molar-refractivity contribution in [1.29, 1.82) is 0 Å². The molecule has 146 valence electrons. The third-order valence-electron chi connectivity index (χ3n) is 3.52. The Morgan fingerprint density at radius 2 is 1.89 bits per heavy atom. The summed E-state index contributed by atoms with van der Waals surface area (Å²) in [4.78, 5) is 11.9. The molecule has 0 radical (unpaired) electrons. The van der Waals surface area contributed by atoms with Crippen molar-refractivity contribution in [3.8, 4) is 11.5 Å². The fraction of sp³-hybridized carbons (Fsp3) is 0.350. The van der Waals surface area contributed by atoms with Gasteiger partial charge in [-0.25, -0.2) is 4.39 Å². The van der Waals surface area contributed by atoms with Gasteiger partial charge < -0.3 is 20.1 Å². The van der Waals surface area contributed by atoms with Gasteiger partial charge in [-0.3, -0.25) is 4.79 Å². The van der Waals surface area contributed by atoms with Gasteiger partial charge in [0, 0.05) is 17.8 Å². The monoisotopic (exact) mass is 394 g/mol. The Morgan fingerprint density at radius 1 is 1.15 bits per heavy atom. The van der Waals surface area contributed by atoms with E-state index in [1.165, 1.54) is 19.2 Å². The first-order chi connectivity index (χ1) is 12.7. The van der Waals surface area contributed by atoms with Crippen molar-refractivity contribution < 1.29 is 18.7 Å². The smallest absolute Gasteiger partial charge is 0.258 e. The predicted molar refractivity (Wildman–Crippen MR) is 105 cm³/mol. The minimum absolute atomic E-state index is 0.0647. The summed E-state index contributed by atoms with van der Waals surface area (Å²) in [6.07, 6.45) is 0. The van der Waals surface area contributed by atoms with E-state index in [1.807, 2.05) is 32.9 Å². The zero-order chi connectivity index (χ0) is 20.0. The molecular weight excluding hydrogens is 371 g/mol. The molecule has 2 aromatic carbocycles. The fourth-order valence-electron chi connectivity index (χ4n) is 2.35. The highest BCUT2D eigenvalue weighted by atomic mass is 35.5. The van der Waals surface area contributed by atoms with Gasteiger partial charge in [-0.1, -0.05) is 17.7 Å². The van der Waals surface area contributed by atoms with Crippen LogP contribution >= 0.6 is 11.6 Å². The van der Waals surface area contributed by atoms with E-state index in [1.54, 1.807) is 12.1 Å². The molecule has 0 spiro atoms. The van der Waals surface area contributed by atoms with Gasteiger partial charge in [0.25, 0.3) is 5.91 Å². The average Bonchev–Trinajstić information content (AvgIpc) is 2.59. The Kier molecular flexibility index (Phi) is 6.91. The Labute approximate surface area is 163 Å². The quantitative estimate of drug-likeness (QED) is 0.731. The molecule has 0 aliphatic heterocycles. The van der Waals surface area contributed by atoms with Crippen molar-refractivity contribution in [3.63, 3.8) is 0 Å². The number of halogens is 2. The second-order valence-electron chi connectivity index (χ2n) is 7.05. The largest absolute Gasteiger partial charge is 0.493 e. The summed E-state index contributed by atoms with van der Waals surface area (Å²) in [6, 6.07) is 9.87. The molecule has 0 bridgehead atoms. The molecule has 5 nitrogen and oxygen atoms in total. The van der Waals surface area contributed by atoms with Crippen molar-refractivity contribution in [2.75, 3.05) is 19.0 Å². The molecule has 0 aliphatic carbocycles. The SMILES string of the molecule is COc1cc(CNc2ccc(F)c(Cl)c2)ccc1OCC(=O)NC(C)(C)C. The molecule has 0 heterocycles. The maximum absolute atomic E-state index is 13.2. The van der Waals surface area contributed by atoms with Crippen LogP contribution in [0.15, 0.2) is 36.4 Å². The third-order valence-corrected chi connectivity index (χ3v) is 3.81. The highest BCUT2D eigenvalue weighted by Gasteiger charge is 2.15. The van der Waals surface area contributed by atoms with Crippen LogP contribution in [-0.2, 0) is 11.3 Å². The molecule has 7 heteroatoms. The van der Waals surface area contributed by atoms with Gasteiger partial charge in [0.2, 0.25) is 0 Å². The summed E-state index contributed by atoms with van der Waals surface area (Å²) in [5.74, 6) is 0.342. The minimum Gasteiger partial charge on any atom is -0.493 e. The molecule has 0 aliphatic rings. The van der Waals surface area contributed by atoms with Crippen molar-refractivity contribution in [1.82, 2.24) is 5.32 Å². The topological polar surface area (TPSA) is 59.6 Å². The highest BCUT2D eigenvalue weighted by Crippen LogP contribution is 2.28. The summed E-state index contributed by atoms with van der Waals surface area (Å²) >= 11 is 5.78. The van der Waals surface area contributed by atoms with Crippen molar-refractivity contribution in [2.45, 2.75) is 32.9 Å². The maximum atomic E-state index is 13.2. The van der Waals surface area contributed by atoms with Gasteiger partial charge in [-0.15, -0.1) is 0 Å². The summed E-state index contributed by atoms with van der Waals surface area (Å²) in [6.45, 7) is 6.10. The van der Waals surface area contributed by atoms with E-state index in [4.69, 9.17) is 21.1 Å². The number of hydrogen-bond acceptors (Lipinski definition) is 4. The summed E-state index contributed by atoms with van der Waals surface area (Å²) in [5, 5.41) is 6.06. The van der Waals surface area contributed by atoms with Crippen molar-refractivity contribution >= 4 is 23.2 Å². The van der Waals surface area contributed by atoms with E-state index >= 15 is 0 Å². The number of ether oxygens (including phenoxy) is 2. The fourth-order valence-corrected chi connectivity index (χ4v) is 2.53. The first-order valence-electron chi connectivity index (χ1n) is 8.47. The van der Waals surface area contributed by atoms with Crippen LogP contribution in [0.3, 0.4) is 0 Å². The van der Waals surface area contributed by atoms with E-state index < -0.39 is 5.82 Å². The molecule has 0 saturated carbocycles. The third kappa shape index (κ3) is 6.64. The van der Waals surface area contributed by atoms with E-state index in [0.29, 0.717) is 23.7 Å². The lowest BCUT2D eigenvalue weighted by Crippen LogP contribution is -2.43. The van der Waals surface area contributed by atoms with E-state index in [-0.39, 0.29) is 23.1 Å². The van der Waals surface area contributed by atoms with Crippen molar-refractivity contribution in [3.05, 3.63) is 52.8 Å². The normalized spacial score (nSPS) is 11.0. The number of benzene rings is 2.